The number of allylic oxidation sites excluding steroid dienone is 1. The van der Waals surface area contributed by atoms with E-state index >= 15 is 0 Å². The number of aliphatic hydroxyl groups excluding tert-OH is 1. The van der Waals surface area contributed by atoms with Crippen molar-refractivity contribution in [1.82, 2.24) is 4.90 Å². The average Bonchev–Trinajstić information content (AvgIpc) is 3.33. The van der Waals surface area contributed by atoms with Crippen molar-refractivity contribution in [2.24, 2.45) is 46.8 Å². The highest BCUT2D eigenvalue weighted by Gasteiger charge is 2.87. The lowest BCUT2D eigenvalue weighted by molar-refractivity contribution is -0.300. The summed E-state index contributed by atoms with van der Waals surface area (Å²) < 4.78 is 25.3. The van der Waals surface area contributed by atoms with Gasteiger partial charge in [-0.15, -0.1) is 0 Å². The summed E-state index contributed by atoms with van der Waals surface area (Å²) in [5.41, 5.74) is -5.06. The molecule has 3 aliphatic heterocycles. The first-order valence-electron chi connectivity index (χ1n) is 19.3. The Hall–Kier alpha value is -2.09. The van der Waals surface area contributed by atoms with Crippen LogP contribution in [0.3, 0.4) is 0 Å². The highest BCUT2D eigenvalue weighted by atomic mass is 16.7. The Morgan fingerprint density at radius 3 is 2.39 bits per heavy atom. The maximum absolute atomic E-state index is 13.7. The second kappa shape index (κ2) is 12.2. The van der Waals surface area contributed by atoms with Gasteiger partial charge in [-0.2, -0.15) is 0 Å². The van der Waals surface area contributed by atoms with Gasteiger partial charge in [0.05, 0.1) is 29.1 Å². The number of carbonyl (C=O) groups is 3. The normalized spacial score (nSPS) is 52.1. The van der Waals surface area contributed by atoms with Crippen LogP contribution in [-0.4, -0.2) is 109 Å². The summed E-state index contributed by atoms with van der Waals surface area (Å²) in [4.78, 5) is 41.9. The lowest BCUT2D eigenvalue weighted by atomic mass is 9.49. The molecule has 8 unspecified atom stereocenters. The molecule has 12 nitrogen and oxygen atoms in total. The van der Waals surface area contributed by atoms with Gasteiger partial charge >= 0.3 is 17.9 Å². The Labute approximate surface area is 301 Å². The van der Waals surface area contributed by atoms with E-state index in [4.69, 9.17) is 18.9 Å². The van der Waals surface area contributed by atoms with E-state index in [9.17, 15) is 34.8 Å². The molecule has 0 aromatic carbocycles. The van der Waals surface area contributed by atoms with Gasteiger partial charge in [0.1, 0.15) is 11.7 Å². The lowest BCUT2D eigenvalue weighted by Crippen LogP contribution is -2.77. The van der Waals surface area contributed by atoms with E-state index in [0.29, 0.717) is 37.3 Å². The molecule has 4 aliphatic carbocycles. The van der Waals surface area contributed by atoms with Crippen LogP contribution in [0.25, 0.3) is 0 Å². The highest BCUT2D eigenvalue weighted by Crippen LogP contribution is 2.77. The fourth-order valence-electron chi connectivity index (χ4n) is 12.7. The molecule has 3 heterocycles. The number of ether oxygens (including phenoxy) is 4. The number of hydrogen-bond donors (Lipinski definition) is 4. The topological polar surface area (TPSA) is 172 Å². The molecule has 4 saturated carbocycles. The van der Waals surface area contributed by atoms with Crippen molar-refractivity contribution in [1.29, 1.82) is 0 Å². The molecule has 1 spiro atoms. The van der Waals surface area contributed by atoms with Crippen molar-refractivity contribution in [3.8, 4) is 0 Å². The number of rotatable bonds is 6. The summed E-state index contributed by atoms with van der Waals surface area (Å²) >= 11 is 0. The first kappa shape index (κ1) is 37.2. The fraction of sp³-hybridized carbons (Fsp3) is 0.872. The van der Waals surface area contributed by atoms with Crippen LogP contribution in [0.5, 0.6) is 0 Å². The van der Waals surface area contributed by atoms with Crippen LogP contribution < -0.4 is 0 Å². The summed E-state index contributed by atoms with van der Waals surface area (Å²) in [7, 11) is 0. The Bertz CT molecular complexity index is 1480. The van der Waals surface area contributed by atoms with Crippen LogP contribution in [0.2, 0.25) is 0 Å². The van der Waals surface area contributed by atoms with Gasteiger partial charge < -0.3 is 39.4 Å². The quantitative estimate of drug-likeness (QED) is 0.180. The predicted molar refractivity (Wildman–Crippen MR) is 182 cm³/mol. The van der Waals surface area contributed by atoms with E-state index < -0.39 is 106 Å². The third-order valence-electron chi connectivity index (χ3n) is 15.3. The van der Waals surface area contributed by atoms with Crippen LogP contribution >= 0.6 is 0 Å². The minimum Gasteiger partial charge on any atom is -0.462 e. The summed E-state index contributed by atoms with van der Waals surface area (Å²) in [5.74, 6) is -7.33. The van der Waals surface area contributed by atoms with Crippen molar-refractivity contribution >= 4 is 17.9 Å². The maximum atomic E-state index is 13.7. The maximum Gasteiger partial charge on any atom is 0.333 e. The Morgan fingerprint density at radius 2 is 1.75 bits per heavy atom. The van der Waals surface area contributed by atoms with Crippen LogP contribution in [0.4, 0.5) is 0 Å². The smallest absolute Gasteiger partial charge is 0.333 e. The van der Waals surface area contributed by atoms with E-state index in [1.807, 2.05) is 13.8 Å². The summed E-state index contributed by atoms with van der Waals surface area (Å²) in [5, 5.41) is 51.3. The molecule has 7 aliphatic rings. The van der Waals surface area contributed by atoms with Crippen molar-refractivity contribution in [3.05, 3.63) is 11.6 Å². The fourth-order valence-corrected chi connectivity index (χ4v) is 12.7. The van der Waals surface area contributed by atoms with Gasteiger partial charge in [0.25, 0.3) is 0 Å². The predicted octanol–water partition coefficient (Wildman–Crippen LogP) is 2.87. The van der Waals surface area contributed by atoms with E-state index in [-0.39, 0.29) is 18.9 Å². The first-order chi connectivity index (χ1) is 23.8. The molecule has 0 aromatic rings. The largest absolute Gasteiger partial charge is 0.462 e. The lowest BCUT2D eigenvalue weighted by Gasteiger charge is -2.64. The third-order valence-corrected chi connectivity index (χ3v) is 15.3. The van der Waals surface area contributed by atoms with E-state index in [2.05, 4.69) is 11.8 Å². The second-order valence-electron chi connectivity index (χ2n) is 17.9. The van der Waals surface area contributed by atoms with Crippen molar-refractivity contribution in [3.63, 3.8) is 0 Å². The number of esters is 3. The minimum atomic E-state index is -1.97. The van der Waals surface area contributed by atoms with Gasteiger partial charge in [-0.05, 0) is 83.5 Å². The molecule has 17 atom stereocenters. The Kier molecular flexibility index (Phi) is 8.92. The summed E-state index contributed by atoms with van der Waals surface area (Å²) in [6, 6.07) is -0.224. The molecule has 7 fully saturated rings. The molecule has 51 heavy (non-hydrogen) atoms. The molecule has 3 saturated heterocycles. The number of fused-ring (bicyclic) bond motifs is 5. The third kappa shape index (κ3) is 4.94. The van der Waals surface area contributed by atoms with Crippen molar-refractivity contribution < 1.29 is 53.8 Å². The van der Waals surface area contributed by atoms with Crippen molar-refractivity contribution in [2.75, 3.05) is 13.1 Å². The molecule has 12 heteroatoms. The minimum absolute atomic E-state index is 0.102. The molecule has 0 aromatic heterocycles. The Balaban J connectivity index is 1.40. The summed E-state index contributed by atoms with van der Waals surface area (Å²) in [6.45, 7) is 15.5. The van der Waals surface area contributed by atoms with Gasteiger partial charge in [0, 0.05) is 48.9 Å². The standard InChI is InChI=1S/C39H59NO11/c1-9-20(4)33(43)49-28-13-14-35(7)26-15-25(48-22(6)41)31-37(35,51-39(26,28)47)16-24-23-18-40-17-19(3)11-12-27(40)36(8,45)29(23)30(42)32(38(24,31)46)50-34(44)21(5)10-2/h9,19,21,23-32,42,45-47H,10-18H2,1-8H3/b20-9-/t19-,21?,23-,24?,25?,26?,27?,28-,29?,30?,31?,32-,35-,36+,37+,38-,39-/m0/s1. The van der Waals surface area contributed by atoms with Gasteiger partial charge in [-0.1, -0.05) is 33.8 Å². The number of aliphatic hydroxyl groups is 4. The van der Waals surface area contributed by atoms with Gasteiger partial charge in [-0.3, -0.25) is 14.5 Å². The number of hydrogen-bond acceptors (Lipinski definition) is 12. The SMILES string of the molecule is C/C=C(/C)C(=O)O[C@H]1CC[C@@]2(C)C3CC(OC(C)=O)C4[C@@]5(O)C(C[C@@]42O[C@@]31O)[C@@H]1CN2C[C@@H](C)CCC2[C@@](C)(O)C1C(O)[C@@H]5OC(=O)C(C)CC. The first-order valence-corrected chi connectivity index (χ1v) is 19.3. The second-order valence-corrected chi connectivity index (χ2v) is 17.9. The number of piperidine rings is 2. The molecular formula is C39H59NO11. The van der Waals surface area contributed by atoms with E-state index in [1.165, 1.54) is 6.92 Å². The van der Waals surface area contributed by atoms with Crippen LogP contribution in [-0.2, 0) is 33.3 Å². The number of nitrogens with zero attached hydrogens (tertiary/aromatic N) is 1. The number of carbonyl (C=O) groups excluding carboxylic acids is 3. The zero-order chi connectivity index (χ0) is 37.2. The Morgan fingerprint density at radius 1 is 1.04 bits per heavy atom. The molecule has 286 valence electrons. The monoisotopic (exact) mass is 717 g/mol. The highest BCUT2D eigenvalue weighted by molar-refractivity contribution is 5.87. The van der Waals surface area contributed by atoms with E-state index in [0.717, 1.165) is 19.4 Å². The molecule has 0 radical (unpaired) electrons. The molecule has 4 N–H and O–H groups in total. The average molecular weight is 718 g/mol. The zero-order valence-corrected chi connectivity index (χ0v) is 31.5. The molecular weight excluding hydrogens is 658 g/mol. The molecule has 4 bridgehead atoms. The van der Waals surface area contributed by atoms with Crippen LogP contribution in [0, 0.1) is 46.8 Å². The van der Waals surface area contributed by atoms with Crippen LogP contribution in [0.15, 0.2) is 11.6 Å². The van der Waals surface area contributed by atoms with Crippen molar-refractivity contribution in [2.45, 2.75) is 153 Å². The molecule has 7 rings (SSSR count). The van der Waals surface area contributed by atoms with E-state index in [1.54, 1.807) is 33.8 Å². The zero-order valence-electron chi connectivity index (χ0n) is 31.5. The van der Waals surface area contributed by atoms with Crippen LogP contribution in [0.1, 0.15) is 100 Å². The van der Waals surface area contributed by atoms with Gasteiger partial charge in [0.15, 0.2) is 12.2 Å². The summed E-state index contributed by atoms with van der Waals surface area (Å²) in [6.07, 6.45) is -0.00676. The van der Waals surface area contributed by atoms with Gasteiger partial charge in [-0.25, -0.2) is 4.79 Å². The van der Waals surface area contributed by atoms with Gasteiger partial charge in [0.2, 0.25) is 5.79 Å². The molecule has 0 amide bonds.